The van der Waals surface area contributed by atoms with Gasteiger partial charge in [0.1, 0.15) is 12.4 Å². The van der Waals surface area contributed by atoms with Gasteiger partial charge >= 0.3 is 5.97 Å². The summed E-state index contributed by atoms with van der Waals surface area (Å²) in [6.45, 7) is 0.454. The van der Waals surface area contributed by atoms with Gasteiger partial charge in [-0.2, -0.15) is 0 Å². The van der Waals surface area contributed by atoms with Gasteiger partial charge in [0.25, 0.3) is 0 Å². The van der Waals surface area contributed by atoms with Crippen LogP contribution in [0.3, 0.4) is 0 Å². The lowest BCUT2D eigenvalue weighted by Gasteiger charge is -2.09. The highest BCUT2D eigenvalue weighted by molar-refractivity contribution is 9.10. The smallest absolute Gasteiger partial charge is 0.337 e. The Morgan fingerprint density at radius 2 is 1.95 bits per heavy atom. The molecule has 0 aromatic heterocycles. The van der Waals surface area contributed by atoms with Crippen LogP contribution in [0.15, 0.2) is 51.4 Å². The van der Waals surface area contributed by atoms with Crippen molar-refractivity contribution in [3.05, 3.63) is 62.5 Å². The number of carbonyl (C=O) groups excluding carboxylic acids is 1. The van der Waals surface area contributed by atoms with Crippen LogP contribution >= 0.6 is 31.9 Å². The van der Waals surface area contributed by atoms with Crippen molar-refractivity contribution in [2.45, 2.75) is 6.61 Å². The Labute approximate surface area is 134 Å². The molecule has 2 aromatic rings. The first-order valence-corrected chi connectivity index (χ1v) is 7.44. The normalized spacial score (nSPS) is 10.2. The van der Waals surface area contributed by atoms with Crippen molar-refractivity contribution in [2.24, 2.45) is 0 Å². The third kappa shape index (κ3) is 3.84. The number of rotatable bonds is 4. The Hall–Kier alpha value is -1.33. The predicted octanol–water partition coefficient (Wildman–Crippen LogP) is 4.58. The number of carbonyl (C=O) groups is 1. The zero-order valence-electron chi connectivity index (χ0n) is 10.7. The van der Waals surface area contributed by atoms with Gasteiger partial charge in [0.15, 0.2) is 0 Å². The molecule has 0 bridgehead atoms. The van der Waals surface area contributed by atoms with E-state index in [2.05, 4.69) is 36.6 Å². The SMILES string of the molecule is COC(=O)c1ccc(OCc2cccc(Br)c2)c(Br)c1. The second-order valence-corrected chi connectivity index (χ2v) is 5.83. The first kappa shape index (κ1) is 15.1. The largest absolute Gasteiger partial charge is 0.488 e. The monoisotopic (exact) mass is 398 g/mol. The van der Waals surface area contributed by atoms with Crippen molar-refractivity contribution >= 4 is 37.8 Å². The van der Waals surface area contributed by atoms with Crippen LogP contribution in [0.4, 0.5) is 0 Å². The Morgan fingerprint density at radius 1 is 1.15 bits per heavy atom. The Kier molecular flexibility index (Phi) is 5.20. The summed E-state index contributed by atoms with van der Waals surface area (Å²) in [7, 11) is 1.36. The fourth-order valence-electron chi connectivity index (χ4n) is 1.65. The highest BCUT2D eigenvalue weighted by Gasteiger charge is 2.09. The molecule has 0 amide bonds. The molecule has 20 heavy (non-hydrogen) atoms. The number of benzene rings is 2. The summed E-state index contributed by atoms with van der Waals surface area (Å²) in [6.07, 6.45) is 0. The Bertz CT molecular complexity index is 626. The molecule has 0 aliphatic carbocycles. The summed E-state index contributed by atoms with van der Waals surface area (Å²) in [5.41, 5.74) is 1.54. The van der Waals surface area contributed by atoms with Crippen LogP contribution in [0.25, 0.3) is 0 Å². The van der Waals surface area contributed by atoms with E-state index >= 15 is 0 Å². The van der Waals surface area contributed by atoms with E-state index in [1.54, 1.807) is 18.2 Å². The maximum Gasteiger partial charge on any atom is 0.337 e. The molecular formula is C15H12Br2O3. The number of methoxy groups -OCH3 is 1. The average molecular weight is 400 g/mol. The zero-order chi connectivity index (χ0) is 14.5. The lowest BCUT2D eigenvalue weighted by molar-refractivity contribution is 0.0600. The number of hydrogen-bond acceptors (Lipinski definition) is 3. The van der Waals surface area contributed by atoms with Gasteiger partial charge in [0.05, 0.1) is 17.1 Å². The molecule has 0 fully saturated rings. The van der Waals surface area contributed by atoms with E-state index in [1.165, 1.54) is 7.11 Å². The van der Waals surface area contributed by atoms with E-state index in [-0.39, 0.29) is 5.97 Å². The number of halogens is 2. The van der Waals surface area contributed by atoms with Crippen molar-refractivity contribution in [2.75, 3.05) is 7.11 Å². The Morgan fingerprint density at radius 3 is 2.60 bits per heavy atom. The highest BCUT2D eigenvalue weighted by Crippen LogP contribution is 2.27. The van der Waals surface area contributed by atoms with Crippen LogP contribution in [0, 0.1) is 0 Å². The van der Waals surface area contributed by atoms with Crippen LogP contribution in [-0.4, -0.2) is 13.1 Å². The average Bonchev–Trinajstić information content (AvgIpc) is 2.45. The van der Waals surface area contributed by atoms with Crippen LogP contribution in [0.1, 0.15) is 15.9 Å². The van der Waals surface area contributed by atoms with E-state index in [4.69, 9.17) is 4.74 Å². The molecule has 0 N–H and O–H groups in total. The van der Waals surface area contributed by atoms with Gasteiger partial charge in [-0.15, -0.1) is 0 Å². The maximum absolute atomic E-state index is 11.4. The number of ether oxygens (including phenoxy) is 2. The zero-order valence-corrected chi connectivity index (χ0v) is 13.9. The summed E-state index contributed by atoms with van der Waals surface area (Å²) < 4.78 is 12.1. The molecule has 0 saturated carbocycles. The van der Waals surface area contributed by atoms with Crippen LogP contribution in [-0.2, 0) is 11.3 Å². The van der Waals surface area contributed by atoms with E-state index in [9.17, 15) is 4.79 Å². The van der Waals surface area contributed by atoms with Crippen molar-refractivity contribution in [3.8, 4) is 5.75 Å². The summed E-state index contributed by atoms with van der Waals surface area (Å²) in [4.78, 5) is 11.4. The van der Waals surface area contributed by atoms with Crippen molar-refractivity contribution in [1.29, 1.82) is 0 Å². The molecule has 2 rings (SSSR count). The summed E-state index contributed by atoms with van der Waals surface area (Å²) in [5, 5.41) is 0. The third-order valence-corrected chi connectivity index (χ3v) is 3.75. The molecule has 104 valence electrons. The topological polar surface area (TPSA) is 35.5 Å². The summed E-state index contributed by atoms with van der Waals surface area (Å²) in [6, 6.07) is 13.0. The maximum atomic E-state index is 11.4. The molecule has 5 heteroatoms. The number of esters is 1. The van der Waals surface area contributed by atoms with Crippen LogP contribution < -0.4 is 4.74 Å². The van der Waals surface area contributed by atoms with E-state index in [0.717, 1.165) is 14.5 Å². The van der Waals surface area contributed by atoms with Crippen LogP contribution in [0.5, 0.6) is 5.75 Å². The number of hydrogen-bond donors (Lipinski definition) is 0. The van der Waals surface area contributed by atoms with Gasteiger partial charge in [0.2, 0.25) is 0 Å². The fraction of sp³-hybridized carbons (Fsp3) is 0.133. The summed E-state index contributed by atoms with van der Waals surface area (Å²) >= 11 is 6.81. The molecule has 0 radical (unpaired) electrons. The molecule has 3 nitrogen and oxygen atoms in total. The molecule has 0 aliphatic heterocycles. The first-order chi connectivity index (χ1) is 9.60. The summed E-state index contributed by atoms with van der Waals surface area (Å²) in [5.74, 6) is 0.307. The van der Waals surface area contributed by atoms with Crippen molar-refractivity contribution in [1.82, 2.24) is 0 Å². The second kappa shape index (κ2) is 6.90. The van der Waals surface area contributed by atoms with Gasteiger partial charge in [-0.1, -0.05) is 28.1 Å². The fourth-order valence-corrected chi connectivity index (χ4v) is 2.59. The molecule has 2 aromatic carbocycles. The lowest BCUT2D eigenvalue weighted by atomic mass is 10.2. The first-order valence-electron chi connectivity index (χ1n) is 5.85. The molecule has 0 aliphatic rings. The lowest BCUT2D eigenvalue weighted by Crippen LogP contribution is -2.02. The van der Waals surface area contributed by atoms with Crippen molar-refractivity contribution < 1.29 is 14.3 Å². The molecule has 0 atom stereocenters. The highest BCUT2D eigenvalue weighted by atomic mass is 79.9. The predicted molar refractivity (Wildman–Crippen MR) is 84.0 cm³/mol. The van der Waals surface area contributed by atoms with Gasteiger partial charge in [-0.3, -0.25) is 0 Å². The van der Waals surface area contributed by atoms with Crippen molar-refractivity contribution in [3.63, 3.8) is 0 Å². The van der Waals surface area contributed by atoms with E-state index in [1.807, 2.05) is 24.3 Å². The van der Waals surface area contributed by atoms with Gasteiger partial charge < -0.3 is 9.47 Å². The third-order valence-electron chi connectivity index (χ3n) is 2.64. The molecule has 0 heterocycles. The minimum Gasteiger partial charge on any atom is -0.488 e. The molecule has 0 saturated heterocycles. The Balaban J connectivity index is 2.08. The van der Waals surface area contributed by atoms with E-state index in [0.29, 0.717) is 17.9 Å². The second-order valence-electron chi connectivity index (χ2n) is 4.06. The molecular weight excluding hydrogens is 388 g/mol. The van der Waals surface area contributed by atoms with Gasteiger partial charge in [0, 0.05) is 4.47 Å². The van der Waals surface area contributed by atoms with E-state index < -0.39 is 0 Å². The standard InChI is InChI=1S/C15H12Br2O3/c1-19-15(18)11-5-6-14(13(17)8-11)20-9-10-3-2-4-12(16)7-10/h2-8H,9H2,1H3. The minimum absolute atomic E-state index is 0.371. The van der Waals surface area contributed by atoms with Gasteiger partial charge in [-0.25, -0.2) is 4.79 Å². The molecule has 0 spiro atoms. The quantitative estimate of drug-likeness (QED) is 0.706. The van der Waals surface area contributed by atoms with Crippen LogP contribution in [0.2, 0.25) is 0 Å². The minimum atomic E-state index is -0.371. The molecule has 0 unspecified atom stereocenters. The van der Waals surface area contributed by atoms with Gasteiger partial charge in [-0.05, 0) is 51.8 Å².